The van der Waals surface area contributed by atoms with Crippen LogP contribution in [0.5, 0.6) is 5.75 Å². The Morgan fingerprint density at radius 1 is 1.14 bits per heavy atom. The lowest BCUT2D eigenvalue weighted by molar-refractivity contribution is 0.0932. The number of hydrogen-bond donors (Lipinski definition) is 1. The van der Waals surface area contributed by atoms with Gasteiger partial charge in [0.1, 0.15) is 17.5 Å². The van der Waals surface area contributed by atoms with Crippen LogP contribution in [0.1, 0.15) is 43.6 Å². The monoisotopic (exact) mass is 398 g/mol. The summed E-state index contributed by atoms with van der Waals surface area (Å²) in [7, 11) is 0. The molecule has 3 heterocycles. The molecule has 6 heteroatoms. The van der Waals surface area contributed by atoms with Crippen molar-refractivity contribution in [3.63, 3.8) is 0 Å². The Bertz CT molecular complexity index is 839. The van der Waals surface area contributed by atoms with Crippen LogP contribution >= 0.6 is 0 Å². The quantitative estimate of drug-likeness (QED) is 0.695. The molecule has 1 atom stereocenters. The number of rotatable bonds is 8. The molecular formula is C23H34N4O2. The molecule has 1 saturated heterocycles. The maximum absolute atomic E-state index is 12.9. The smallest absolute Gasteiger partial charge is 0.267 e. The summed E-state index contributed by atoms with van der Waals surface area (Å²) < 4.78 is 8.22. The molecule has 0 bridgehead atoms. The maximum Gasteiger partial charge on any atom is 0.267 e. The lowest BCUT2D eigenvalue weighted by atomic mass is 10.2. The second-order valence-electron chi connectivity index (χ2n) is 8.28. The molecule has 0 spiro atoms. The number of hydrogen-bond acceptors (Lipinski definition) is 4. The highest BCUT2D eigenvalue weighted by Gasteiger charge is 2.25. The van der Waals surface area contributed by atoms with Gasteiger partial charge in [0.25, 0.3) is 5.91 Å². The second kappa shape index (κ2) is 9.18. The molecule has 1 N–H and O–H groups in total. The van der Waals surface area contributed by atoms with E-state index in [9.17, 15) is 4.79 Å². The van der Waals surface area contributed by atoms with Crippen LogP contribution in [0.2, 0.25) is 0 Å². The molecule has 158 valence electrons. The number of nitrogens with one attached hydrogen (secondary N) is 1. The van der Waals surface area contributed by atoms with Gasteiger partial charge in [-0.25, -0.2) is 0 Å². The standard InChI is InChI=1S/C23H34N4O2/c1-3-10-25-12-14-26(15-13-25)11-6-9-24-23(28)20-16-18-7-5-8-21-22(18)27(20)17-19(4-2)29-21/h5,7-8,16,19H,3-4,6,9-15,17H2,1-2H3,(H,24,28)/t19-/m1/s1. The highest BCUT2D eigenvalue weighted by atomic mass is 16.5. The lowest BCUT2D eigenvalue weighted by Crippen LogP contribution is -2.47. The van der Waals surface area contributed by atoms with Crippen LogP contribution in [0.3, 0.4) is 0 Å². The van der Waals surface area contributed by atoms with Crippen LogP contribution in [-0.4, -0.2) is 72.2 Å². The van der Waals surface area contributed by atoms with E-state index in [1.165, 1.54) is 26.1 Å². The number of benzene rings is 1. The molecule has 0 saturated carbocycles. The first kappa shape index (κ1) is 20.2. The number of ether oxygens (including phenoxy) is 1. The number of carbonyl (C=O) groups is 1. The summed E-state index contributed by atoms with van der Waals surface area (Å²) in [6, 6.07) is 8.06. The average Bonchev–Trinajstić information content (AvgIpc) is 3.12. The first-order chi connectivity index (χ1) is 14.2. The Morgan fingerprint density at radius 3 is 2.62 bits per heavy atom. The molecule has 1 amide bonds. The van der Waals surface area contributed by atoms with Gasteiger partial charge in [0.2, 0.25) is 0 Å². The van der Waals surface area contributed by atoms with Gasteiger partial charge in [-0.1, -0.05) is 26.0 Å². The third kappa shape index (κ3) is 4.43. The van der Waals surface area contributed by atoms with Crippen molar-refractivity contribution >= 4 is 16.8 Å². The first-order valence-electron chi connectivity index (χ1n) is 11.2. The molecule has 1 aromatic carbocycles. The van der Waals surface area contributed by atoms with Crippen molar-refractivity contribution in [1.29, 1.82) is 0 Å². The highest BCUT2D eigenvalue weighted by Crippen LogP contribution is 2.34. The molecule has 2 aliphatic heterocycles. The van der Waals surface area contributed by atoms with E-state index >= 15 is 0 Å². The third-order valence-corrected chi connectivity index (χ3v) is 6.19. The molecular weight excluding hydrogens is 364 g/mol. The predicted molar refractivity (Wildman–Crippen MR) is 117 cm³/mol. The predicted octanol–water partition coefficient (Wildman–Crippen LogP) is 2.96. The van der Waals surface area contributed by atoms with Gasteiger partial charge < -0.3 is 24.4 Å². The third-order valence-electron chi connectivity index (χ3n) is 6.19. The van der Waals surface area contributed by atoms with Crippen LogP contribution < -0.4 is 10.1 Å². The van der Waals surface area contributed by atoms with Crippen molar-refractivity contribution in [2.45, 2.75) is 45.8 Å². The molecule has 2 aromatic rings. The number of para-hydroxylation sites is 1. The summed E-state index contributed by atoms with van der Waals surface area (Å²) in [5, 5.41) is 4.22. The van der Waals surface area contributed by atoms with Crippen LogP contribution in [0.4, 0.5) is 0 Å². The van der Waals surface area contributed by atoms with Crippen molar-refractivity contribution < 1.29 is 9.53 Å². The van der Waals surface area contributed by atoms with E-state index in [4.69, 9.17) is 4.74 Å². The molecule has 6 nitrogen and oxygen atoms in total. The zero-order valence-electron chi connectivity index (χ0n) is 17.8. The van der Waals surface area contributed by atoms with Crippen molar-refractivity contribution in [3.05, 3.63) is 30.0 Å². The van der Waals surface area contributed by atoms with Crippen LogP contribution in [0, 0.1) is 0 Å². The summed E-state index contributed by atoms with van der Waals surface area (Å²) >= 11 is 0. The van der Waals surface area contributed by atoms with Gasteiger partial charge >= 0.3 is 0 Å². The van der Waals surface area contributed by atoms with Gasteiger partial charge in [-0.05, 0) is 44.5 Å². The van der Waals surface area contributed by atoms with Gasteiger partial charge in [0.15, 0.2) is 0 Å². The average molecular weight is 399 g/mol. The minimum Gasteiger partial charge on any atom is -0.486 e. The number of amides is 1. The molecule has 1 aromatic heterocycles. The summed E-state index contributed by atoms with van der Waals surface area (Å²) in [4.78, 5) is 18.0. The van der Waals surface area contributed by atoms with Gasteiger partial charge in [-0.2, -0.15) is 0 Å². The number of nitrogens with zero attached hydrogens (tertiary/aromatic N) is 3. The van der Waals surface area contributed by atoms with Gasteiger partial charge in [-0.15, -0.1) is 0 Å². The topological polar surface area (TPSA) is 49.7 Å². The van der Waals surface area contributed by atoms with E-state index in [0.717, 1.165) is 67.9 Å². The largest absolute Gasteiger partial charge is 0.486 e. The van der Waals surface area contributed by atoms with Crippen molar-refractivity contribution in [2.75, 3.05) is 45.8 Å². The fourth-order valence-electron chi connectivity index (χ4n) is 4.54. The zero-order valence-corrected chi connectivity index (χ0v) is 17.8. The van der Waals surface area contributed by atoms with Crippen LogP contribution in [0.25, 0.3) is 10.9 Å². The van der Waals surface area contributed by atoms with Crippen molar-refractivity contribution in [1.82, 2.24) is 19.7 Å². The van der Waals surface area contributed by atoms with E-state index < -0.39 is 0 Å². The highest BCUT2D eigenvalue weighted by molar-refractivity contribution is 6.00. The number of aromatic nitrogens is 1. The molecule has 0 aliphatic carbocycles. The second-order valence-corrected chi connectivity index (χ2v) is 8.28. The molecule has 1 fully saturated rings. The summed E-state index contributed by atoms with van der Waals surface area (Å²) in [5.41, 5.74) is 1.80. The Labute approximate surface area is 173 Å². The molecule has 2 aliphatic rings. The van der Waals surface area contributed by atoms with E-state index in [0.29, 0.717) is 0 Å². The Balaban J connectivity index is 1.31. The van der Waals surface area contributed by atoms with Gasteiger partial charge in [-0.3, -0.25) is 4.79 Å². The zero-order chi connectivity index (χ0) is 20.2. The fourth-order valence-corrected chi connectivity index (χ4v) is 4.54. The molecule has 0 unspecified atom stereocenters. The van der Waals surface area contributed by atoms with Gasteiger partial charge in [0.05, 0.1) is 12.1 Å². The Kier molecular flexibility index (Phi) is 6.40. The molecule has 29 heavy (non-hydrogen) atoms. The van der Waals surface area contributed by atoms with Crippen molar-refractivity contribution in [3.8, 4) is 5.75 Å². The van der Waals surface area contributed by atoms with E-state index in [1.807, 2.05) is 18.2 Å². The van der Waals surface area contributed by atoms with E-state index in [1.54, 1.807) is 0 Å². The SMILES string of the molecule is CCCN1CCN(CCCNC(=O)c2cc3cccc4c3n2C[C@@H](CC)O4)CC1. The minimum absolute atomic E-state index is 0.0247. The minimum atomic E-state index is 0.0247. The van der Waals surface area contributed by atoms with Crippen LogP contribution in [-0.2, 0) is 6.54 Å². The fraction of sp³-hybridized carbons (Fsp3) is 0.609. The van der Waals surface area contributed by atoms with E-state index in [2.05, 4.69) is 39.6 Å². The maximum atomic E-state index is 12.9. The summed E-state index contributed by atoms with van der Waals surface area (Å²) in [6.07, 6.45) is 3.28. The van der Waals surface area contributed by atoms with Crippen molar-refractivity contribution in [2.24, 2.45) is 0 Å². The number of carbonyl (C=O) groups excluding carboxylic acids is 1. The van der Waals surface area contributed by atoms with Gasteiger partial charge in [0, 0.05) is 38.1 Å². The lowest BCUT2D eigenvalue weighted by Gasteiger charge is -2.34. The molecule has 4 rings (SSSR count). The van der Waals surface area contributed by atoms with E-state index in [-0.39, 0.29) is 12.0 Å². The Morgan fingerprint density at radius 2 is 1.90 bits per heavy atom. The molecule has 0 radical (unpaired) electrons. The summed E-state index contributed by atoms with van der Waals surface area (Å²) in [6.45, 7) is 12.7. The van der Waals surface area contributed by atoms with Crippen LogP contribution in [0.15, 0.2) is 24.3 Å². The Hall–Kier alpha value is -2.05. The normalized spacial score (nSPS) is 20.0. The number of piperazine rings is 1. The summed E-state index contributed by atoms with van der Waals surface area (Å²) in [5.74, 6) is 0.915. The first-order valence-corrected chi connectivity index (χ1v) is 11.2.